The fraction of sp³-hybridized carbons (Fsp3) is 0.391. The van der Waals surface area contributed by atoms with Gasteiger partial charge in [0.15, 0.2) is 0 Å². The zero-order chi connectivity index (χ0) is 23.5. The van der Waals surface area contributed by atoms with Crippen molar-refractivity contribution < 1.29 is 22.7 Å². The summed E-state index contributed by atoms with van der Waals surface area (Å²) in [6, 6.07) is 10.5. The van der Waals surface area contributed by atoms with E-state index in [0.717, 1.165) is 5.65 Å². The number of aromatic nitrogens is 2. The summed E-state index contributed by atoms with van der Waals surface area (Å²) in [7, 11) is -3.74. The van der Waals surface area contributed by atoms with E-state index >= 15 is 0 Å². The molecule has 2 aromatic heterocycles. The molecule has 0 aliphatic carbocycles. The first kappa shape index (κ1) is 22.8. The number of hydrogen-bond acceptors (Lipinski definition) is 7. The standard InChI is InChI=1S/C23H27N5O5S/c29-23(24-16-18-17-27-6-2-1-3-22(27)25-18)20-15-19(34(30,31)28-9-13-33-14-10-28)4-5-21(20)26-7-11-32-12-8-26/h1-6,15,17H,7-14,16H2,(H,24,29). The summed E-state index contributed by atoms with van der Waals surface area (Å²) in [6.07, 6.45) is 3.75. The van der Waals surface area contributed by atoms with Gasteiger partial charge in [-0.1, -0.05) is 6.07 Å². The van der Waals surface area contributed by atoms with Crippen LogP contribution in [0.15, 0.2) is 53.7 Å². The molecule has 180 valence electrons. The number of sulfonamides is 1. The summed E-state index contributed by atoms with van der Waals surface area (Å²) in [5.41, 5.74) is 2.51. The summed E-state index contributed by atoms with van der Waals surface area (Å²) >= 11 is 0. The van der Waals surface area contributed by atoms with E-state index in [1.54, 1.807) is 12.1 Å². The Hall–Kier alpha value is -2.99. The van der Waals surface area contributed by atoms with Crippen molar-refractivity contribution >= 4 is 27.3 Å². The van der Waals surface area contributed by atoms with Gasteiger partial charge in [0, 0.05) is 44.3 Å². The number of benzene rings is 1. The number of imidazole rings is 1. The number of pyridine rings is 1. The van der Waals surface area contributed by atoms with Crippen LogP contribution in [0.3, 0.4) is 0 Å². The average molecular weight is 486 g/mol. The van der Waals surface area contributed by atoms with Crippen LogP contribution in [0.4, 0.5) is 5.69 Å². The molecule has 0 spiro atoms. The Morgan fingerprint density at radius 3 is 2.47 bits per heavy atom. The van der Waals surface area contributed by atoms with Crippen LogP contribution in [0.2, 0.25) is 0 Å². The van der Waals surface area contributed by atoms with E-state index in [1.807, 2.05) is 35.0 Å². The summed E-state index contributed by atoms with van der Waals surface area (Å²) in [5, 5.41) is 2.91. The number of carbonyl (C=O) groups excluding carboxylic acids is 1. The number of amides is 1. The highest BCUT2D eigenvalue weighted by Crippen LogP contribution is 2.27. The Morgan fingerprint density at radius 2 is 1.74 bits per heavy atom. The molecule has 1 aromatic carbocycles. The number of carbonyl (C=O) groups is 1. The van der Waals surface area contributed by atoms with Crippen LogP contribution in [-0.4, -0.2) is 80.6 Å². The van der Waals surface area contributed by atoms with Crippen molar-refractivity contribution in [3.05, 3.63) is 60.0 Å². The van der Waals surface area contributed by atoms with Gasteiger partial charge in [-0.2, -0.15) is 4.31 Å². The van der Waals surface area contributed by atoms with Crippen LogP contribution in [-0.2, 0) is 26.0 Å². The van der Waals surface area contributed by atoms with Crippen LogP contribution in [0.1, 0.15) is 16.1 Å². The van der Waals surface area contributed by atoms with Crippen molar-refractivity contribution in [1.82, 2.24) is 19.0 Å². The number of hydrogen-bond donors (Lipinski definition) is 1. The monoisotopic (exact) mass is 485 g/mol. The van der Waals surface area contributed by atoms with E-state index in [-0.39, 0.29) is 17.3 Å². The predicted molar refractivity (Wildman–Crippen MR) is 125 cm³/mol. The van der Waals surface area contributed by atoms with Crippen LogP contribution in [0, 0.1) is 0 Å². The van der Waals surface area contributed by atoms with Gasteiger partial charge in [-0.25, -0.2) is 13.4 Å². The molecule has 2 aliphatic rings. The van der Waals surface area contributed by atoms with E-state index in [2.05, 4.69) is 15.2 Å². The lowest BCUT2D eigenvalue weighted by Crippen LogP contribution is -2.41. The second-order valence-corrected chi connectivity index (χ2v) is 10.1. The average Bonchev–Trinajstić information content (AvgIpc) is 3.31. The highest BCUT2D eigenvalue weighted by Gasteiger charge is 2.29. The van der Waals surface area contributed by atoms with Crippen molar-refractivity contribution in [3.8, 4) is 0 Å². The molecule has 2 saturated heterocycles. The van der Waals surface area contributed by atoms with Gasteiger partial charge in [-0.05, 0) is 30.3 Å². The maximum absolute atomic E-state index is 13.3. The molecule has 4 heterocycles. The fourth-order valence-corrected chi connectivity index (χ4v) is 5.65. The largest absolute Gasteiger partial charge is 0.379 e. The highest BCUT2D eigenvalue weighted by molar-refractivity contribution is 7.89. The lowest BCUT2D eigenvalue weighted by molar-refractivity contribution is 0.0730. The second-order valence-electron chi connectivity index (χ2n) is 8.18. The molecule has 0 saturated carbocycles. The SMILES string of the molecule is O=C(NCc1cn2ccccc2n1)c1cc(S(=O)(=O)N2CCOCC2)ccc1N1CCOCC1. The van der Waals surface area contributed by atoms with Gasteiger partial charge in [0.05, 0.1) is 49.1 Å². The third-order valence-corrected chi connectivity index (χ3v) is 7.91. The van der Waals surface area contributed by atoms with Gasteiger partial charge in [0.2, 0.25) is 10.0 Å². The van der Waals surface area contributed by atoms with E-state index in [1.165, 1.54) is 10.4 Å². The molecule has 5 rings (SSSR count). The smallest absolute Gasteiger partial charge is 0.253 e. The molecule has 10 nitrogen and oxygen atoms in total. The predicted octanol–water partition coefficient (Wildman–Crippen LogP) is 1.12. The second kappa shape index (κ2) is 9.71. The minimum atomic E-state index is -3.74. The summed E-state index contributed by atoms with van der Waals surface area (Å²) in [5.74, 6) is -0.349. The molecule has 2 aliphatic heterocycles. The lowest BCUT2D eigenvalue weighted by atomic mass is 10.1. The summed E-state index contributed by atoms with van der Waals surface area (Å²) in [4.78, 5) is 20.0. The molecule has 34 heavy (non-hydrogen) atoms. The van der Waals surface area contributed by atoms with E-state index in [0.29, 0.717) is 69.6 Å². The fourth-order valence-electron chi connectivity index (χ4n) is 4.21. The molecule has 0 atom stereocenters. The molecule has 0 radical (unpaired) electrons. The van der Waals surface area contributed by atoms with Crippen LogP contribution in [0.25, 0.3) is 5.65 Å². The quantitative estimate of drug-likeness (QED) is 0.558. The van der Waals surface area contributed by atoms with E-state index < -0.39 is 10.0 Å². The summed E-state index contributed by atoms with van der Waals surface area (Å²) < 4.78 is 40.5. The number of rotatable bonds is 6. The van der Waals surface area contributed by atoms with Gasteiger partial charge in [0.1, 0.15) is 5.65 Å². The summed E-state index contributed by atoms with van der Waals surface area (Å²) in [6.45, 7) is 3.89. The number of ether oxygens (including phenoxy) is 2. The first-order valence-corrected chi connectivity index (χ1v) is 12.7. The number of fused-ring (bicyclic) bond motifs is 1. The van der Waals surface area contributed by atoms with Crippen LogP contribution < -0.4 is 10.2 Å². The first-order chi connectivity index (χ1) is 16.5. The Balaban J connectivity index is 1.43. The molecule has 1 amide bonds. The minimum Gasteiger partial charge on any atom is -0.379 e. The zero-order valence-corrected chi connectivity index (χ0v) is 19.5. The molecule has 0 unspecified atom stereocenters. The molecular formula is C23H27N5O5S. The first-order valence-electron chi connectivity index (χ1n) is 11.3. The van der Waals surface area contributed by atoms with Crippen LogP contribution >= 0.6 is 0 Å². The maximum atomic E-state index is 13.3. The Bertz CT molecular complexity index is 1250. The van der Waals surface area contributed by atoms with Crippen LogP contribution in [0.5, 0.6) is 0 Å². The third kappa shape index (κ3) is 4.64. The molecule has 3 aromatic rings. The molecular weight excluding hydrogens is 458 g/mol. The van der Waals surface area contributed by atoms with Crippen molar-refractivity contribution in [2.45, 2.75) is 11.4 Å². The number of nitrogens with zero attached hydrogens (tertiary/aromatic N) is 4. The topological polar surface area (TPSA) is 105 Å². The van der Waals surface area contributed by atoms with E-state index in [9.17, 15) is 13.2 Å². The van der Waals surface area contributed by atoms with Gasteiger partial charge in [-0.15, -0.1) is 0 Å². The number of anilines is 1. The van der Waals surface area contributed by atoms with Gasteiger partial charge in [-0.3, -0.25) is 4.79 Å². The van der Waals surface area contributed by atoms with Gasteiger partial charge >= 0.3 is 0 Å². The van der Waals surface area contributed by atoms with Crippen molar-refractivity contribution in [2.75, 3.05) is 57.5 Å². The molecule has 1 N–H and O–H groups in total. The number of nitrogens with one attached hydrogen (secondary N) is 1. The molecule has 0 bridgehead atoms. The Kier molecular flexibility index (Phi) is 6.50. The molecule has 11 heteroatoms. The lowest BCUT2D eigenvalue weighted by Gasteiger charge is -2.31. The van der Waals surface area contributed by atoms with Crippen molar-refractivity contribution in [1.29, 1.82) is 0 Å². The van der Waals surface area contributed by atoms with Crippen molar-refractivity contribution in [3.63, 3.8) is 0 Å². The van der Waals surface area contributed by atoms with Crippen molar-refractivity contribution in [2.24, 2.45) is 0 Å². The highest BCUT2D eigenvalue weighted by atomic mass is 32.2. The minimum absolute atomic E-state index is 0.101. The third-order valence-electron chi connectivity index (χ3n) is 6.02. The Morgan fingerprint density at radius 1 is 1.00 bits per heavy atom. The zero-order valence-electron chi connectivity index (χ0n) is 18.7. The maximum Gasteiger partial charge on any atom is 0.253 e. The van der Waals surface area contributed by atoms with Gasteiger partial charge in [0.25, 0.3) is 5.91 Å². The number of morpholine rings is 2. The molecule has 2 fully saturated rings. The van der Waals surface area contributed by atoms with E-state index in [4.69, 9.17) is 9.47 Å². The van der Waals surface area contributed by atoms with Gasteiger partial charge < -0.3 is 24.1 Å². The normalized spacial score (nSPS) is 17.7. The Labute approximate surface area is 198 Å².